The van der Waals surface area contributed by atoms with Crippen LogP contribution in [0.4, 0.5) is 5.69 Å². The number of carbonyl (C=O) groups is 1. The van der Waals surface area contributed by atoms with Crippen LogP contribution in [0.1, 0.15) is 11.3 Å². The average Bonchev–Trinajstić information content (AvgIpc) is 2.49. The van der Waals surface area contributed by atoms with E-state index in [4.69, 9.17) is 11.6 Å². The third kappa shape index (κ3) is 5.40. The van der Waals surface area contributed by atoms with Gasteiger partial charge in [-0.15, -0.1) is 0 Å². The van der Waals surface area contributed by atoms with E-state index in [9.17, 15) is 4.79 Å². The molecule has 0 radical (unpaired) electrons. The Balaban J connectivity index is 1.71. The van der Waals surface area contributed by atoms with E-state index in [-0.39, 0.29) is 5.91 Å². The second-order valence-electron chi connectivity index (χ2n) is 4.64. The highest BCUT2D eigenvalue weighted by Crippen LogP contribution is 2.20. The highest BCUT2D eigenvalue weighted by Gasteiger charge is 2.04. The number of anilines is 1. The Labute approximate surface area is 134 Å². The maximum Gasteiger partial charge on any atom is 0.234 e. The summed E-state index contributed by atoms with van der Waals surface area (Å²) < 4.78 is 0. The maximum absolute atomic E-state index is 11.8. The van der Waals surface area contributed by atoms with Crippen molar-refractivity contribution in [3.8, 4) is 0 Å². The molecule has 1 aromatic heterocycles. The molecule has 0 aliphatic heterocycles. The third-order valence-electron chi connectivity index (χ3n) is 2.92. The number of carbonyl (C=O) groups excluding carboxylic acids is 1. The molecule has 0 saturated heterocycles. The van der Waals surface area contributed by atoms with Crippen LogP contribution in [0, 0.1) is 6.92 Å². The van der Waals surface area contributed by atoms with Crippen molar-refractivity contribution in [3.05, 3.63) is 58.9 Å². The van der Waals surface area contributed by atoms with Crippen molar-refractivity contribution in [2.24, 2.45) is 0 Å². The summed E-state index contributed by atoms with van der Waals surface area (Å²) in [7, 11) is 0. The fraction of sp³-hybridized carbons (Fsp3) is 0.250. The minimum absolute atomic E-state index is 0.0130. The Morgan fingerprint density at radius 2 is 2.19 bits per heavy atom. The number of nitrogens with one attached hydrogen (secondary N) is 1. The lowest BCUT2D eigenvalue weighted by Crippen LogP contribution is -2.14. The van der Waals surface area contributed by atoms with Crippen LogP contribution in [-0.2, 0) is 11.2 Å². The highest BCUT2D eigenvalue weighted by atomic mass is 35.5. The molecule has 2 rings (SSSR count). The van der Waals surface area contributed by atoms with Gasteiger partial charge in [0.1, 0.15) is 0 Å². The minimum Gasteiger partial charge on any atom is -0.325 e. The number of aromatic nitrogens is 1. The molecule has 21 heavy (non-hydrogen) atoms. The molecule has 0 atom stereocenters. The van der Waals surface area contributed by atoms with Gasteiger partial charge in [0.25, 0.3) is 0 Å². The van der Waals surface area contributed by atoms with Gasteiger partial charge in [0.15, 0.2) is 0 Å². The zero-order valence-electron chi connectivity index (χ0n) is 11.8. The summed E-state index contributed by atoms with van der Waals surface area (Å²) in [4.78, 5) is 16.1. The molecule has 0 unspecified atom stereocenters. The van der Waals surface area contributed by atoms with Crippen molar-refractivity contribution in [1.29, 1.82) is 0 Å². The van der Waals surface area contributed by atoms with Crippen molar-refractivity contribution in [2.75, 3.05) is 16.8 Å². The molecule has 1 heterocycles. The molecular weight excluding hydrogens is 304 g/mol. The zero-order chi connectivity index (χ0) is 15.1. The quantitative estimate of drug-likeness (QED) is 0.819. The number of rotatable bonds is 6. The van der Waals surface area contributed by atoms with Gasteiger partial charge in [-0.3, -0.25) is 9.78 Å². The van der Waals surface area contributed by atoms with Crippen molar-refractivity contribution in [3.63, 3.8) is 0 Å². The van der Waals surface area contributed by atoms with Crippen LogP contribution < -0.4 is 5.32 Å². The smallest absolute Gasteiger partial charge is 0.234 e. The summed E-state index contributed by atoms with van der Waals surface area (Å²) in [6.45, 7) is 1.93. The zero-order valence-corrected chi connectivity index (χ0v) is 13.4. The molecule has 0 saturated carbocycles. The van der Waals surface area contributed by atoms with Crippen LogP contribution in [0.2, 0.25) is 5.02 Å². The number of nitrogens with zero attached hydrogens (tertiary/aromatic N) is 1. The van der Waals surface area contributed by atoms with Gasteiger partial charge in [0.05, 0.1) is 5.75 Å². The van der Waals surface area contributed by atoms with Gasteiger partial charge < -0.3 is 5.32 Å². The van der Waals surface area contributed by atoms with E-state index in [1.807, 2.05) is 37.3 Å². The van der Waals surface area contributed by atoms with Crippen molar-refractivity contribution >= 4 is 35.0 Å². The van der Waals surface area contributed by atoms with E-state index in [1.165, 1.54) is 0 Å². The topological polar surface area (TPSA) is 42.0 Å². The lowest BCUT2D eigenvalue weighted by atomic mass is 10.2. The standard InChI is InChI=1S/C16H17ClN2OS/c1-12-5-6-14(10-15(12)17)19-16(20)11-21-9-7-13-4-2-3-8-18-13/h2-6,8,10H,7,9,11H2,1H3,(H,19,20). The molecule has 0 spiro atoms. The number of halogens is 1. The summed E-state index contributed by atoms with van der Waals surface area (Å²) in [6, 6.07) is 11.4. The number of pyridine rings is 1. The molecule has 0 aliphatic rings. The summed E-state index contributed by atoms with van der Waals surface area (Å²) in [5.41, 5.74) is 2.79. The van der Waals surface area contributed by atoms with E-state index in [0.717, 1.165) is 29.1 Å². The maximum atomic E-state index is 11.8. The van der Waals surface area contributed by atoms with Gasteiger partial charge in [-0.1, -0.05) is 23.7 Å². The normalized spacial score (nSPS) is 10.4. The predicted molar refractivity (Wildman–Crippen MR) is 90.1 cm³/mol. The van der Waals surface area contributed by atoms with Gasteiger partial charge in [-0.25, -0.2) is 0 Å². The van der Waals surface area contributed by atoms with Crippen LogP contribution >= 0.6 is 23.4 Å². The SMILES string of the molecule is Cc1ccc(NC(=O)CSCCc2ccccn2)cc1Cl. The van der Waals surface area contributed by atoms with Crippen molar-refractivity contribution < 1.29 is 4.79 Å². The Hall–Kier alpha value is -1.52. The minimum atomic E-state index is -0.0130. The summed E-state index contributed by atoms with van der Waals surface area (Å²) in [6.07, 6.45) is 2.66. The van der Waals surface area contributed by atoms with Gasteiger partial charge in [-0.2, -0.15) is 11.8 Å². The lowest BCUT2D eigenvalue weighted by molar-refractivity contribution is -0.113. The summed E-state index contributed by atoms with van der Waals surface area (Å²) >= 11 is 7.63. The number of aryl methyl sites for hydroxylation is 2. The lowest BCUT2D eigenvalue weighted by Gasteiger charge is -2.06. The second-order valence-corrected chi connectivity index (χ2v) is 6.15. The number of benzene rings is 1. The van der Waals surface area contributed by atoms with Crippen LogP contribution in [0.15, 0.2) is 42.6 Å². The number of hydrogen-bond donors (Lipinski definition) is 1. The molecule has 0 fully saturated rings. The molecule has 0 aliphatic carbocycles. The van der Waals surface area contributed by atoms with E-state index >= 15 is 0 Å². The fourth-order valence-electron chi connectivity index (χ4n) is 1.76. The van der Waals surface area contributed by atoms with Crippen LogP contribution in [0.25, 0.3) is 0 Å². The first kappa shape index (κ1) is 15.9. The number of hydrogen-bond acceptors (Lipinski definition) is 3. The molecule has 110 valence electrons. The van der Waals surface area contributed by atoms with Gasteiger partial charge in [0.2, 0.25) is 5.91 Å². The van der Waals surface area contributed by atoms with Crippen molar-refractivity contribution in [2.45, 2.75) is 13.3 Å². The largest absolute Gasteiger partial charge is 0.325 e. The predicted octanol–water partition coefficient (Wildman–Crippen LogP) is 3.96. The first-order valence-corrected chi connectivity index (χ1v) is 8.22. The molecule has 0 bridgehead atoms. The molecule has 5 heteroatoms. The monoisotopic (exact) mass is 320 g/mol. The Kier molecular flexibility index (Phi) is 6.08. The van der Waals surface area contributed by atoms with Crippen molar-refractivity contribution in [1.82, 2.24) is 4.98 Å². The Morgan fingerprint density at radius 3 is 2.90 bits per heavy atom. The second kappa shape index (κ2) is 8.05. The van der Waals surface area contributed by atoms with Gasteiger partial charge in [0, 0.05) is 22.6 Å². The van der Waals surface area contributed by atoms with Gasteiger partial charge in [-0.05, 0) is 48.9 Å². The molecule has 1 N–H and O–H groups in total. The highest BCUT2D eigenvalue weighted by molar-refractivity contribution is 7.99. The summed E-state index contributed by atoms with van der Waals surface area (Å²) in [5.74, 6) is 1.29. The number of thioether (sulfide) groups is 1. The number of amides is 1. The van der Waals surface area contributed by atoms with Crippen LogP contribution in [0.3, 0.4) is 0 Å². The molecular formula is C16H17ClN2OS. The van der Waals surface area contributed by atoms with E-state index in [2.05, 4.69) is 10.3 Å². The molecule has 3 nitrogen and oxygen atoms in total. The molecule has 1 aromatic carbocycles. The molecule has 2 aromatic rings. The first-order valence-electron chi connectivity index (χ1n) is 6.69. The van der Waals surface area contributed by atoms with Crippen LogP contribution in [0.5, 0.6) is 0 Å². The first-order chi connectivity index (χ1) is 10.1. The average molecular weight is 321 g/mol. The van der Waals surface area contributed by atoms with E-state index < -0.39 is 0 Å². The third-order valence-corrected chi connectivity index (χ3v) is 4.28. The van der Waals surface area contributed by atoms with E-state index in [1.54, 1.807) is 24.0 Å². The fourth-order valence-corrected chi connectivity index (χ4v) is 2.69. The van der Waals surface area contributed by atoms with Gasteiger partial charge >= 0.3 is 0 Å². The Bertz CT molecular complexity index is 604. The Morgan fingerprint density at radius 1 is 1.33 bits per heavy atom. The van der Waals surface area contributed by atoms with E-state index in [0.29, 0.717) is 10.8 Å². The van der Waals surface area contributed by atoms with Crippen LogP contribution in [-0.4, -0.2) is 22.4 Å². The summed E-state index contributed by atoms with van der Waals surface area (Å²) in [5, 5.41) is 3.51. The molecule has 1 amide bonds.